The Morgan fingerprint density at radius 1 is 0.426 bits per heavy atom. The highest BCUT2D eigenvalue weighted by Crippen LogP contribution is 2.63. The molecule has 3 heterocycles. The molecule has 0 bridgehead atoms. The van der Waals surface area contributed by atoms with Crippen molar-refractivity contribution in [1.29, 1.82) is 0 Å². The van der Waals surface area contributed by atoms with Crippen LogP contribution in [-0.4, -0.2) is 4.40 Å². The number of benzene rings is 7. The molecule has 0 amide bonds. The molecule has 0 fully saturated rings. The summed E-state index contributed by atoms with van der Waals surface area (Å²) in [6, 6.07) is 54.9. The number of aryl methyl sites for hydroxylation is 2. The van der Waals surface area contributed by atoms with E-state index < -0.39 is 5.41 Å². The van der Waals surface area contributed by atoms with Crippen LogP contribution < -0.4 is 4.90 Å². The molecule has 2 aromatic heterocycles. The highest BCUT2D eigenvalue weighted by Gasteiger charge is 2.51. The van der Waals surface area contributed by atoms with Gasteiger partial charge in [0.15, 0.2) is 0 Å². The summed E-state index contributed by atoms with van der Waals surface area (Å²) in [4.78, 5) is 2.54. The lowest BCUT2D eigenvalue weighted by atomic mass is 9.64. The Hall–Kier alpha value is -5.86. The van der Waals surface area contributed by atoms with Gasteiger partial charge in [0.2, 0.25) is 0 Å². The highest BCUT2D eigenvalue weighted by atomic mass is 15.2. The molecule has 0 saturated carbocycles. The second kappa shape index (κ2) is 8.69. The van der Waals surface area contributed by atoms with E-state index in [0.29, 0.717) is 0 Å². The van der Waals surface area contributed by atoms with Crippen molar-refractivity contribution in [3.8, 4) is 11.1 Å². The molecule has 2 heteroatoms. The molecular formula is C45H30N2. The fraction of sp³-hybridized carbons (Fsp3) is 0.0667. The molecule has 0 atom stereocenters. The zero-order valence-electron chi connectivity index (χ0n) is 26.3. The molecule has 0 radical (unpaired) electrons. The van der Waals surface area contributed by atoms with Crippen molar-refractivity contribution in [2.24, 2.45) is 0 Å². The predicted molar refractivity (Wildman–Crippen MR) is 196 cm³/mol. The molecule has 47 heavy (non-hydrogen) atoms. The van der Waals surface area contributed by atoms with Crippen molar-refractivity contribution < 1.29 is 0 Å². The normalized spacial score (nSPS) is 14.3. The molecule has 1 spiro atoms. The first-order valence-electron chi connectivity index (χ1n) is 16.5. The molecule has 2 aliphatic rings. The number of fused-ring (bicyclic) bond motifs is 15. The van der Waals surface area contributed by atoms with E-state index in [0.717, 1.165) is 0 Å². The van der Waals surface area contributed by atoms with Crippen molar-refractivity contribution in [3.05, 3.63) is 179 Å². The minimum absolute atomic E-state index is 0.421. The van der Waals surface area contributed by atoms with Crippen LogP contribution in [0.2, 0.25) is 0 Å². The zero-order valence-corrected chi connectivity index (χ0v) is 26.3. The topological polar surface area (TPSA) is 7.65 Å². The Kier molecular flexibility index (Phi) is 4.68. The minimum Gasteiger partial charge on any atom is -0.310 e. The zero-order chi connectivity index (χ0) is 31.0. The Morgan fingerprint density at radius 3 is 1.43 bits per heavy atom. The van der Waals surface area contributed by atoms with Gasteiger partial charge >= 0.3 is 0 Å². The molecular weight excluding hydrogens is 569 g/mol. The Bertz CT molecular complexity index is 2600. The number of rotatable bonds is 1. The fourth-order valence-corrected chi connectivity index (χ4v) is 9.22. The summed E-state index contributed by atoms with van der Waals surface area (Å²) in [7, 11) is 0. The second-order valence-electron chi connectivity index (χ2n) is 13.5. The molecule has 0 unspecified atom stereocenters. The van der Waals surface area contributed by atoms with Crippen LogP contribution in [0.3, 0.4) is 0 Å². The molecule has 220 valence electrons. The molecule has 0 N–H and O–H groups in total. The minimum atomic E-state index is -0.421. The van der Waals surface area contributed by atoms with Crippen molar-refractivity contribution in [2.45, 2.75) is 19.3 Å². The molecule has 0 saturated heterocycles. The third-order valence-corrected chi connectivity index (χ3v) is 11.0. The van der Waals surface area contributed by atoms with Crippen molar-refractivity contribution >= 4 is 55.2 Å². The van der Waals surface area contributed by atoms with Crippen LogP contribution in [0, 0.1) is 13.8 Å². The maximum absolute atomic E-state index is 2.54. The SMILES string of the molecule is Cc1ccc2c(c1)C1(c3ccccc3-c3ccccc31)c1cc(C)ccc1N2c1cc2c3ccccc3n3c4ccccc4c(c1)c23. The van der Waals surface area contributed by atoms with E-state index in [-0.39, 0.29) is 0 Å². The van der Waals surface area contributed by atoms with E-state index in [2.05, 4.69) is 169 Å². The van der Waals surface area contributed by atoms with Gasteiger partial charge in [-0.05, 0) is 83.6 Å². The molecule has 7 aromatic carbocycles. The Labute approximate surface area is 273 Å². The van der Waals surface area contributed by atoms with Gasteiger partial charge in [-0.3, -0.25) is 0 Å². The summed E-state index contributed by atoms with van der Waals surface area (Å²) in [6.45, 7) is 4.46. The summed E-state index contributed by atoms with van der Waals surface area (Å²) >= 11 is 0. The smallest absolute Gasteiger partial charge is 0.0754 e. The van der Waals surface area contributed by atoms with E-state index in [4.69, 9.17) is 0 Å². The van der Waals surface area contributed by atoms with Crippen molar-refractivity contribution in [2.75, 3.05) is 4.90 Å². The van der Waals surface area contributed by atoms with Gasteiger partial charge in [-0.15, -0.1) is 0 Å². The summed E-state index contributed by atoms with van der Waals surface area (Å²) in [5, 5.41) is 5.17. The number of nitrogens with zero attached hydrogens (tertiary/aromatic N) is 2. The average Bonchev–Trinajstić information content (AvgIpc) is 3.73. The Balaban J connectivity index is 1.30. The molecule has 2 nitrogen and oxygen atoms in total. The van der Waals surface area contributed by atoms with Crippen LogP contribution in [0.1, 0.15) is 33.4 Å². The first kappa shape index (κ1) is 25.3. The van der Waals surface area contributed by atoms with Gasteiger partial charge in [0.25, 0.3) is 0 Å². The lowest BCUT2D eigenvalue weighted by Crippen LogP contribution is -2.36. The standard InChI is InChI=1S/C45H30N2/c1-27-19-21-42-38(23-27)45(36-15-7-3-11-30(36)31-12-4-8-16-37(31)45)39-24-28(2)20-22-43(39)46(42)29-25-34-32-13-5-9-17-40(32)47-41-18-10-6-14-33(41)35(26-29)44(34)47/h3-26H,1-2H3. The van der Waals surface area contributed by atoms with Gasteiger partial charge in [-0.1, -0.05) is 120 Å². The van der Waals surface area contributed by atoms with Crippen LogP contribution in [0.4, 0.5) is 17.1 Å². The first-order chi connectivity index (χ1) is 23.1. The first-order valence-corrected chi connectivity index (χ1v) is 16.5. The van der Waals surface area contributed by atoms with Crippen LogP contribution in [-0.2, 0) is 5.41 Å². The largest absolute Gasteiger partial charge is 0.310 e. The van der Waals surface area contributed by atoms with Crippen LogP contribution in [0.15, 0.2) is 146 Å². The third kappa shape index (κ3) is 2.97. The van der Waals surface area contributed by atoms with Gasteiger partial charge in [0.1, 0.15) is 0 Å². The number of hydrogen-bond donors (Lipinski definition) is 0. The van der Waals surface area contributed by atoms with Gasteiger partial charge in [-0.25, -0.2) is 0 Å². The van der Waals surface area contributed by atoms with Gasteiger partial charge < -0.3 is 9.30 Å². The van der Waals surface area contributed by atoms with E-state index in [1.165, 1.54) is 99.7 Å². The number of anilines is 3. The Morgan fingerprint density at radius 2 is 0.894 bits per heavy atom. The monoisotopic (exact) mass is 598 g/mol. The van der Waals surface area contributed by atoms with E-state index in [1.54, 1.807) is 0 Å². The van der Waals surface area contributed by atoms with Crippen LogP contribution in [0.5, 0.6) is 0 Å². The third-order valence-electron chi connectivity index (χ3n) is 11.0. The predicted octanol–water partition coefficient (Wildman–Crippen LogP) is 11.6. The molecule has 11 rings (SSSR count). The van der Waals surface area contributed by atoms with Gasteiger partial charge in [0.05, 0.1) is 33.3 Å². The lowest BCUT2D eigenvalue weighted by molar-refractivity contribution is 0.750. The fourth-order valence-electron chi connectivity index (χ4n) is 9.22. The van der Waals surface area contributed by atoms with Crippen molar-refractivity contribution in [3.63, 3.8) is 0 Å². The summed E-state index contributed by atoms with van der Waals surface area (Å²) in [5.74, 6) is 0. The quantitative estimate of drug-likeness (QED) is 0.182. The average molecular weight is 599 g/mol. The van der Waals surface area contributed by atoms with Gasteiger partial charge in [0, 0.05) is 27.2 Å². The van der Waals surface area contributed by atoms with E-state index in [9.17, 15) is 0 Å². The summed E-state index contributed by atoms with van der Waals surface area (Å²) < 4.78 is 2.46. The number of aromatic nitrogens is 1. The van der Waals surface area contributed by atoms with Crippen LogP contribution >= 0.6 is 0 Å². The summed E-state index contributed by atoms with van der Waals surface area (Å²) in [6.07, 6.45) is 0. The number of para-hydroxylation sites is 2. The summed E-state index contributed by atoms with van der Waals surface area (Å²) in [5.41, 5.74) is 17.7. The number of hydrogen-bond acceptors (Lipinski definition) is 1. The maximum atomic E-state index is 2.54. The lowest BCUT2D eigenvalue weighted by Gasteiger charge is -2.45. The van der Waals surface area contributed by atoms with E-state index in [1.807, 2.05) is 0 Å². The maximum Gasteiger partial charge on any atom is 0.0754 e. The molecule has 1 aliphatic heterocycles. The van der Waals surface area contributed by atoms with Gasteiger partial charge in [-0.2, -0.15) is 0 Å². The molecule has 1 aliphatic carbocycles. The van der Waals surface area contributed by atoms with Crippen LogP contribution in [0.25, 0.3) is 49.2 Å². The highest BCUT2D eigenvalue weighted by molar-refractivity contribution is 6.24. The second-order valence-corrected chi connectivity index (χ2v) is 13.5. The molecule has 9 aromatic rings. The van der Waals surface area contributed by atoms with E-state index >= 15 is 0 Å². The van der Waals surface area contributed by atoms with Crippen molar-refractivity contribution in [1.82, 2.24) is 4.40 Å².